The second-order valence-corrected chi connectivity index (χ2v) is 8.26. The highest BCUT2D eigenvalue weighted by Gasteiger charge is 2.37. The Hall–Kier alpha value is -3.24. The Morgan fingerprint density at radius 3 is 1.52 bits per heavy atom. The van der Waals surface area contributed by atoms with Gasteiger partial charge in [0.15, 0.2) is 0 Å². The largest absolute Gasteiger partial charge is 0.367 e. The van der Waals surface area contributed by atoms with Crippen molar-refractivity contribution in [3.8, 4) is 0 Å². The predicted octanol–water partition coefficient (Wildman–Crippen LogP) is 8.41. The average molecular weight is 503 g/mol. The Morgan fingerprint density at radius 1 is 0.758 bits per heavy atom. The second-order valence-electron chi connectivity index (χ2n) is 7.41. The zero-order valence-corrected chi connectivity index (χ0v) is 20.7. The maximum Gasteiger partial charge on any atom is 0.139 e. The summed E-state index contributed by atoms with van der Waals surface area (Å²) in [5, 5.41) is 11.9. The van der Waals surface area contributed by atoms with Gasteiger partial charge in [0.25, 0.3) is 0 Å². The molecule has 4 rings (SSSR count). The summed E-state index contributed by atoms with van der Waals surface area (Å²) < 4.78 is 15.0. The fourth-order valence-electron chi connectivity index (χ4n) is 3.94. The second kappa shape index (κ2) is 11.1. The summed E-state index contributed by atoms with van der Waals surface area (Å²) in [6, 6.07) is 33.5. The molecule has 0 aliphatic carbocycles. The number of anilines is 1. The molecule has 0 aliphatic heterocycles. The van der Waals surface area contributed by atoms with Crippen LogP contribution in [-0.2, 0) is 5.54 Å². The van der Waals surface area contributed by atoms with Crippen LogP contribution in [0.15, 0.2) is 108 Å². The Labute approximate surface area is 204 Å². The van der Waals surface area contributed by atoms with Crippen LogP contribution in [0.3, 0.4) is 0 Å². The van der Waals surface area contributed by atoms with Gasteiger partial charge in [0.2, 0.25) is 0 Å². The molecule has 0 amide bonds. The van der Waals surface area contributed by atoms with Gasteiger partial charge in [0, 0.05) is 17.0 Å². The first-order valence-electron chi connectivity index (χ1n) is 11.0. The molecule has 4 aromatic carbocycles. The molecule has 0 saturated carbocycles. The molecule has 2 N–H and O–H groups in total. The molecule has 2 nitrogen and oxygen atoms in total. The van der Waals surface area contributed by atoms with Gasteiger partial charge < -0.3 is 10.7 Å². The van der Waals surface area contributed by atoms with Crippen molar-refractivity contribution < 1.29 is 4.39 Å². The minimum atomic E-state index is -0.783. The van der Waals surface area contributed by atoms with Gasteiger partial charge >= 0.3 is 0 Å². The van der Waals surface area contributed by atoms with Crippen molar-refractivity contribution in [3.63, 3.8) is 0 Å². The fourth-order valence-corrected chi connectivity index (χ4v) is 4.29. The van der Waals surface area contributed by atoms with Gasteiger partial charge in [-0.05, 0) is 51.7 Å². The molecule has 4 heteroatoms. The lowest BCUT2D eigenvalue weighted by molar-refractivity contribution is 0.620. The smallest absolute Gasteiger partial charge is 0.139 e. The summed E-state index contributed by atoms with van der Waals surface area (Å²) in [5.41, 5.74) is 3.82. The van der Waals surface area contributed by atoms with Crippen molar-refractivity contribution in [1.82, 2.24) is 0 Å². The first kappa shape index (κ1) is 24.4. The number of rotatable bonds is 6. The zero-order chi connectivity index (χ0) is 23.8. The number of halogens is 2. The Morgan fingerprint density at radius 2 is 1.15 bits per heavy atom. The van der Waals surface area contributed by atoms with Crippen LogP contribution in [0.25, 0.3) is 0 Å². The molecule has 4 aromatic rings. The monoisotopic (exact) mass is 502 g/mol. The van der Waals surface area contributed by atoms with E-state index in [-0.39, 0.29) is 5.82 Å². The third-order valence-corrected chi connectivity index (χ3v) is 6.01. The molecule has 0 bridgehead atoms. The van der Waals surface area contributed by atoms with Crippen LogP contribution in [0.2, 0.25) is 0 Å². The zero-order valence-electron chi connectivity index (χ0n) is 19.1. The van der Waals surface area contributed by atoms with E-state index < -0.39 is 5.54 Å². The lowest BCUT2D eigenvalue weighted by Crippen LogP contribution is -2.38. The highest BCUT2D eigenvalue weighted by molar-refractivity contribution is 9.10. The van der Waals surface area contributed by atoms with Gasteiger partial charge in [-0.1, -0.05) is 105 Å². The van der Waals surface area contributed by atoms with Gasteiger partial charge in [0.05, 0.1) is 4.47 Å². The quantitative estimate of drug-likeness (QED) is 0.201. The van der Waals surface area contributed by atoms with E-state index in [1.807, 2.05) is 68.4 Å². The van der Waals surface area contributed by atoms with Crippen molar-refractivity contribution in [1.29, 1.82) is 5.41 Å². The number of hydrogen-bond donors (Lipinski definition) is 2. The molecule has 0 saturated heterocycles. The highest BCUT2D eigenvalue weighted by atomic mass is 79.9. The molecule has 0 aromatic heterocycles. The van der Waals surface area contributed by atoms with Gasteiger partial charge in [-0.25, -0.2) is 4.39 Å². The van der Waals surface area contributed by atoms with Crippen LogP contribution in [-0.4, -0.2) is 5.71 Å². The third kappa shape index (κ3) is 5.07. The van der Waals surface area contributed by atoms with Crippen molar-refractivity contribution in [2.75, 3.05) is 5.32 Å². The molecule has 0 fully saturated rings. The van der Waals surface area contributed by atoms with E-state index >= 15 is 0 Å². The van der Waals surface area contributed by atoms with E-state index in [1.54, 1.807) is 13.0 Å². The first-order valence-corrected chi connectivity index (χ1v) is 11.8. The summed E-state index contributed by atoms with van der Waals surface area (Å²) in [7, 11) is 0. The molecule has 168 valence electrons. The Kier molecular flexibility index (Phi) is 8.18. The molecule has 33 heavy (non-hydrogen) atoms. The summed E-state index contributed by atoms with van der Waals surface area (Å²) >= 11 is 3.26. The van der Waals surface area contributed by atoms with Crippen molar-refractivity contribution in [2.24, 2.45) is 0 Å². The van der Waals surface area contributed by atoms with E-state index in [0.717, 1.165) is 16.7 Å². The minimum Gasteiger partial charge on any atom is -0.367 e. The fraction of sp³-hybridized carbons (Fsp3) is 0.138. The number of hydrogen-bond acceptors (Lipinski definition) is 2. The Balaban J connectivity index is 0.00000149. The number of benzene rings is 4. The van der Waals surface area contributed by atoms with E-state index in [0.29, 0.717) is 21.4 Å². The summed E-state index contributed by atoms with van der Waals surface area (Å²) in [6.45, 7) is 5.71. The lowest BCUT2D eigenvalue weighted by atomic mass is 9.76. The summed E-state index contributed by atoms with van der Waals surface area (Å²) in [6.07, 6.45) is 0. The Bertz CT molecular complexity index is 1100. The lowest BCUT2D eigenvalue weighted by Gasteiger charge is -2.38. The van der Waals surface area contributed by atoms with Crippen molar-refractivity contribution >= 4 is 27.3 Å². The van der Waals surface area contributed by atoms with E-state index in [2.05, 4.69) is 57.6 Å². The maximum atomic E-state index is 14.6. The number of nitrogens with one attached hydrogen (secondary N) is 2. The first-order chi connectivity index (χ1) is 16.0. The molecule has 0 unspecified atom stereocenters. The molecule has 0 heterocycles. The van der Waals surface area contributed by atoms with Crippen LogP contribution in [0.5, 0.6) is 0 Å². The van der Waals surface area contributed by atoms with Crippen molar-refractivity contribution in [3.05, 3.63) is 136 Å². The van der Waals surface area contributed by atoms with Crippen LogP contribution >= 0.6 is 15.9 Å². The van der Waals surface area contributed by atoms with Gasteiger partial charge in [-0.3, -0.25) is 0 Å². The van der Waals surface area contributed by atoms with E-state index in [9.17, 15) is 4.39 Å². The van der Waals surface area contributed by atoms with Crippen LogP contribution in [0.1, 0.15) is 43.0 Å². The predicted molar refractivity (Wildman–Crippen MR) is 141 cm³/mol. The average Bonchev–Trinajstić information content (AvgIpc) is 2.87. The maximum absolute atomic E-state index is 14.6. The SMILES string of the molecule is CC.CC(=N)c1cc(Br)c(F)cc1NC(c1ccccc1)(c1ccccc1)c1ccccc1. The van der Waals surface area contributed by atoms with Gasteiger partial charge in [-0.2, -0.15) is 0 Å². The van der Waals surface area contributed by atoms with Crippen molar-refractivity contribution in [2.45, 2.75) is 26.3 Å². The molecule has 0 aliphatic rings. The van der Waals surface area contributed by atoms with Gasteiger partial charge in [0.1, 0.15) is 11.4 Å². The standard InChI is InChI=1S/C27H22BrFN2.C2H6/c1-19(30)23-17-24(28)25(29)18-26(23)31-27(20-11-5-2-6-12-20,21-13-7-3-8-14-21)22-15-9-4-10-16-22;1-2/h2-18,30-31H,1H3;1-2H3. The summed E-state index contributed by atoms with van der Waals surface area (Å²) in [5.74, 6) is -0.379. The molecule has 0 radical (unpaired) electrons. The molecular weight excluding hydrogens is 475 g/mol. The van der Waals surface area contributed by atoms with Crippen LogP contribution in [0, 0.1) is 11.2 Å². The molecule has 0 atom stereocenters. The van der Waals surface area contributed by atoms with E-state index in [1.165, 1.54) is 6.07 Å². The highest BCUT2D eigenvalue weighted by Crippen LogP contribution is 2.41. The van der Waals surface area contributed by atoms with Crippen LogP contribution < -0.4 is 5.32 Å². The van der Waals surface area contributed by atoms with E-state index in [4.69, 9.17) is 5.41 Å². The normalized spacial score (nSPS) is 10.7. The molecule has 0 spiro atoms. The molecular formula is C29H28BrFN2. The van der Waals surface area contributed by atoms with Crippen LogP contribution in [0.4, 0.5) is 10.1 Å². The third-order valence-electron chi connectivity index (χ3n) is 5.41. The topological polar surface area (TPSA) is 35.9 Å². The summed E-state index contributed by atoms with van der Waals surface area (Å²) in [4.78, 5) is 0. The minimum absolute atomic E-state index is 0.337. The van der Waals surface area contributed by atoms with Gasteiger partial charge in [-0.15, -0.1) is 0 Å².